The van der Waals surface area contributed by atoms with E-state index in [0.29, 0.717) is 0 Å². The van der Waals surface area contributed by atoms with Crippen LogP contribution in [0.5, 0.6) is 0 Å². The summed E-state index contributed by atoms with van der Waals surface area (Å²) in [6, 6.07) is 88.0. The molecule has 0 heterocycles. The van der Waals surface area contributed by atoms with E-state index in [1.807, 2.05) is 0 Å². The number of hydrogen-bond donors (Lipinski definition) is 0. The van der Waals surface area contributed by atoms with Gasteiger partial charge in [0, 0.05) is 33.8 Å². The molecular weight excluding hydrogens is 725 g/mol. The highest BCUT2D eigenvalue weighted by atomic mass is 15.1. The van der Waals surface area contributed by atoms with E-state index in [2.05, 4.69) is 252 Å². The van der Waals surface area contributed by atoms with Crippen molar-refractivity contribution in [3.63, 3.8) is 0 Å². The van der Waals surface area contributed by atoms with E-state index in [4.69, 9.17) is 0 Å². The van der Waals surface area contributed by atoms with Crippen molar-refractivity contribution in [3.8, 4) is 22.3 Å². The molecule has 0 saturated heterocycles. The second kappa shape index (κ2) is 15.1. The van der Waals surface area contributed by atoms with Gasteiger partial charge >= 0.3 is 0 Å². The van der Waals surface area contributed by atoms with Gasteiger partial charge in [0.2, 0.25) is 0 Å². The minimum absolute atomic E-state index is 1.10. The number of benzene rings is 11. The molecule has 0 bridgehead atoms. The summed E-state index contributed by atoms with van der Waals surface area (Å²) in [5.41, 5.74) is 11.5. The molecule has 282 valence electrons. The van der Waals surface area contributed by atoms with E-state index in [1.165, 1.54) is 65.3 Å². The summed E-state index contributed by atoms with van der Waals surface area (Å²) in [5, 5.41) is 9.68. The maximum Gasteiger partial charge on any atom is 0.0540 e. The zero-order valence-electron chi connectivity index (χ0n) is 33.0. The van der Waals surface area contributed by atoms with Crippen molar-refractivity contribution < 1.29 is 0 Å². The molecule has 2 heteroatoms. The fraction of sp³-hybridized carbons (Fsp3) is 0. The van der Waals surface area contributed by atoms with Crippen LogP contribution in [-0.4, -0.2) is 0 Å². The van der Waals surface area contributed by atoms with Crippen LogP contribution in [0.2, 0.25) is 0 Å². The van der Waals surface area contributed by atoms with E-state index in [1.54, 1.807) is 0 Å². The van der Waals surface area contributed by atoms with Gasteiger partial charge < -0.3 is 9.80 Å². The number of hydrogen-bond acceptors (Lipinski definition) is 2. The predicted molar refractivity (Wildman–Crippen MR) is 257 cm³/mol. The first-order valence-electron chi connectivity index (χ1n) is 20.6. The van der Waals surface area contributed by atoms with E-state index < -0.39 is 0 Å². The first-order valence-corrected chi connectivity index (χ1v) is 20.6. The molecule has 0 fully saturated rings. The molecule has 0 saturated carbocycles. The molecule has 0 aliphatic rings. The number of fused-ring (bicyclic) bond motifs is 4. The normalized spacial score (nSPS) is 11.3. The summed E-state index contributed by atoms with van der Waals surface area (Å²) < 4.78 is 0. The van der Waals surface area contributed by atoms with Crippen LogP contribution in [0, 0.1) is 0 Å². The van der Waals surface area contributed by atoms with Gasteiger partial charge in [-0.15, -0.1) is 0 Å². The lowest BCUT2D eigenvalue weighted by molar-refractivity contribution is 1.29. The monoisotopic (exact) mass is 764 g/mol. The zero-order chi connectivity index (χ0) is 39.8. The van der Waals surface area contributed by atoms with Crippen molar-refractivity contribution in [2.24, 2.45) is 0 Å². The lowest BCUT2D eigenvalue weighted by Crippen LogP contribution is -2.10. The number of rotatable bonds is 8. The van der Waals surface area contributed by atoms with Crippen LogP contribution in [0.3, 0.4) is 0 Å². The van der Waals surface area contributed by atoms with Crippen molar-refractivity contribution in [1.82, 2.24) is 0 Å². The van der Waals surface area contributed by atoms with Crippen LogP contribution in [0.25, 0.3) is 65.3 Å². The fourth-order valence-corrected chi connectivity index (χ4v) is 9.14. The zero-order valence-corrected chi connectivity index (χ0v) is 33.0. The van der Waals surface area contributed by atoms with Gasteiger partial charge in [-0.2, -0.15) is 0 Å². The summed E-state index contributed by atoms with van der Waals surface area (Å²) in [7, 11) is 0. The third-order valence-corrected chi connectivity index (χ3v) is 11.8. The molecule has 11 aromatic carbocycles. The minimum Gasteiger partial charge on any atom is -0.310 e. The van der Waals surface area contributed by atoms with Crippen molar-refractivity contribution >= 4 is 77.2 Å². The summed E-state index contributed by atoms with van der Waals surface area (Å²) in [5.74, 6) is 0. The van der Waals surface area contributed by atoms with E-state index >= 15 is 0 Å². The third-order valence-electron chi connectivity index (χ3n) is 11.8. The molecule has 2 nitrogen and oxygen atoms in total. The van der Waals surface area contributed by atoms with Gasteiger partial charge in [-0.25, -0.2) is 0 Å². The first-order chi connectivity index (χ1) is 29.8. The second-order valence-electron chi connectivity index (χ2n) is 15.3. The van der Waals surface area contributed by atoms with Gasteiger partial charge in [-0.3, -0.25) is 0 Å². The molecule has 0 radical (unpaired) electrons. The van der Waals surface area contributed by atoms with Crippen molar-refractivity contribution in [2.75, 3.05) is 9.80 Å². The molecule has 60 heavy (non-hydrogen) atoms. The quantitative estimate of drug-likeness (QED) is 0.142. The minimum atomic E-state index is 1.10. The molecule has 0 unspecified atom stereocenters. The number of nitrogens with zero attached hydrogens (tertiary/aromatic N) is 2. The smallest absolute Gasteiger partial charge is 0.0540 e. The Hall–Kier alpha value is -7.94. The van der Waals surface area contributed by atoms with E-state index in [0.717, 1.165) is 34.1 Å². The predicted octanol–water partition coefficient (Wildman–Crippen LogP) is 16.6. The summed E-state index contributed by atoms with van der Waals surface area (Å²) in [6.45, 7) is 0. The van der Waals surface area contributed by atoms with Gasteiger partial charge in [-0.05, 0) is 127 Å². The van der Waals surface area contributed by atoms with Gasteiger partial charge in [0.1, 0.15) is 0 Å². The summed E-state index contributed by atoms with van der Waals surface area (Å²) in [6.07, 6.45) is 0. The first kappa shape index (κ1) is 35.2. The Morgan fingerprint density at radius 1 is 0.233 bits per heavy atom. The Labute approximate surface area is 350 Å². The molecule has 0 aromatic heterocycles. The Balaban J connectivity index is 1.26. The summed E-state index contributed by atoms with van der Waals surface area (Å²) >= 11 is 0. The van der Waals surface area contributed by atoms with E-state index in [9.17, 15) is 0 Å². The average Bonchev–Trinajstić information content (AvgIpc) is 3.32. The fourth-order valence-electron chi connectivity index (χ4n) is 9.14. The second-order valence-corrected chi connectivity index (χ2v) is 15.3. The lowest BCUT2D eigenvalue weighted by Gasteiger charge is -2.29. The van der Waals surface area contributed by atoms with Crippen LogP contribution >= 0.6 is 0 Å². The Kier molecular flexibility index (Phi) is 8.87. The van der Waals surface area contributed by atoms with Crippen LogP contribution in [0.4, 0.5) is 34.1 Å². The van der Waals surface area contributed by atoms with Crippen LogP contribution in [0.15, 0.2) is 243 Å². The molecule has 0 amide bonds. The molecular formula is C58H40N2. The molecule has 11 rings (SSSR count). The standard InChI is InChI=1S/C58H40N2/c1-5-21-43(22-6-1)57-52-37-35-47(59(44-25-7-2-8-26-44)45-27-9-3-10-28-45)39-55(52)58(51-33-17-23-41-19-13-15-31-49(41)51)53-38-36-48(40-54(53)57)60(46-29-11-4-12-30-46)56-34-18-24-42-20-14-16-32-50(42)56/h1-40H. The number of anilines is 6. The topological polar surface area (TPSA) is 6.48 Å². The highest BCUT2D eigenvalue weighted by Gasteiger charge is 2.23. The van der Waals surface area contributed by atoms with Gasteiger partial charge in [0.15, 0.2) is 0 Å². The highest BCUT2D eigenvalue weighted by Crippen LogP contribution is 2.49. The summed E-state index contributed by atoms with van der Waals surface area (Å²) in [4.78, 5) is 4.78. The molecule has 0 atom stereocenters. The Morgan fingerprint density at radius 3 is 1.28 bits per heavy atom. The van der Waals surface area contributed by atoms with Crippen molar-refractivity contribution in [3.05, 3.63) is 243 Å². The molecule has 0 aliphatic heterocycles. The largest absolute Gasteiger partial charge is 0.310 e. The maximum atomic E-state index is 2.43. The third kappa shape index (κ3) is 6.14. The van der Waals surface area contributed by atoms with Crippen molar-refractivity contribution in [2.45, 2.75) is 0 Å². The van der Waals surface area contributed by atoms with Crippen LogP contribution in [-0.2, 0) is 0 Å². The number of para-hydroxylation sites is 3. The van der Waals surface area contributed by atoms with Crippen molar-refractivity contribution in [1.29, 1.82) is 0 Å². The molecule has 11 aromatic rings. The van der Waals surface area contributed by atoms with Gasteiger partial charge in [-0.1, -0.05) is 176 Å². The van der Waals surface area contributed by atoms with E-state index in [-0.39, 0.29) is 0 Å². The average molecular weight is 765 g/mol. The van der Waals surface area contributed by atoms with Gasteiger partial charge in [0.05, 0.1) is 5.69 Å². The Bertz CT molecular complexity index is 3260. The molecule has 0 spiro atoms. The Morgan fingerprint density at radius 2 is 0.667 bits per heavy atom. The van der Waals surface area contributed by atoms with Crippen LogP contribution in [0.1, 0.15) is 0 Å². The molecule has 0 aliphatic carbocycles. The maximum absolute atomic E-state index is 2.43. The SMILES string of the molecule is c1ccc(-c2c3cc(N(c4ccccc4)c4cccc5ccccc45)ccc3c(-c3cccc4ccccc34)c3cc(N(c4ccccc4)c4ccccc4)ccc23)cc1. The lowest BCUT2D eigenvalue weighted by atomic mass is 9.84. The highest BCUT2D eigenvalue weighted by molar-refractivity contribution is 6.24. The van der Waals surface area contributed by atoms with Gasteiger partial charge in [0.25, 0.3) is 0 Å². The molecule has 0 N–H and O–H groups in total. The van der Waals surface area contributed by atoms with Crippen LogP contribution < -0.4 is 9.80 Å².